The number of hydrogen-bond acceptors (Lipinski definition) is 6. The number of carbonyl (C=O) groups excluding carboxylic acids is 1. The van der Waals surface area contributed by atoms with E-state index in [1.54, 1.807) is 0 Å². The molecule has 146 valence electrons. The lowest BCUT2D eigenvalue weighted by Crippen LogP contribution is -2.15. The molecule has 29 heavy (non-hydrogen) atoms. The average molecular weight is 423 g/mol. The number of anilines is 1. The van der Waals surface area contributed by atoms with Crippen LogP contribution in [-0.4, -0.2) is 30.9 Å². The number of H-pyrrole nitrogens is 1. The van der Waals surface area contributed by atoms with Crippen molar-refractivity contribution in [3.63, 3.8) is 0 Å². The van der Waals surface area contributed by atoms with E-state index in [2.05, 4.69) is 25.7 Å². The number of nitrogens with zero attached hydrogens (tertiary/aromatic N) is 4. The number of aromatic amines is 1. The van der Waals surface area contributed by atoms with Crippen LogP contribution in [0.4, 0.5) is 5.13 Å². The Morgan fingerprint density at radius 1 is 1.10 bits per heavy atom. The highest BCUT2D eigenvalue weighted by atomic mass is 32.1. The van der Waals surface area contributed by atoms with Crippen molar-refractivity contribution in [2.45, 2.75) is 19.9 Å². The minimum atomic E-state index is -0.154. The molecular formula is C20H18N6OS2. The summed E-state index contributed by atoms with van der Waals surface area (Å²) in [5.41, 5.74) is 3.08. The number of aromatic nitrogens is 5. The van der Waals surface area contributed by atoms with E-state index in [-0.39, 0.29) is 12.3 Å². The highest BCUT2D eigenvalue weighted by Gasteiger charge is 2.13. The predicted octanol–water partition coefficient (Wildman–Crippen LogP) is 4.46. The van der Waals surface area contributed by atoms with Crippen molar-refractivity contribution in [2.75, 3.05) is 5.32 Å². The van der Waals surface area contributed by atoms with Gasteiger partial charge in [-0.15, -0.1) is 10.2 Å². The van der Waals surface area contributed by atoms with Gasteiger partial charge in [0.05, 0.1) is 0 Å². The molecule has 0 unspecified atom stereocenters. The predicted molar refractivity (Wildman–Crippen MR) is 116 cm³/mol. The lowest BCUT2D eigenvalue weighted by molar-refractivity contribution is -0.116. The van der Waals surface area contributed by atoms with Gasteiger partial charge in [0.25, 0.3) is 0 Å². The zero-order chi connectivity index (χ0) is 20.2. The third-order valence-electron chi connectivity index (χ3n) is 4.32. The summed E-state index contributed by atoms with van der Waals surface area (Å²) in [4.78, 5) is 12.4. The third kappa shape index (κ3) is 4.47. The standard InChI is InChI=1S/C20H18N6OS2/c1-13-7-9-14(10-8-13)17-22-25-20(28)26(17)12-11-16(27)21-19-24-23-18(29-19)15-5-3-2-4-6-15/h2-10H,11-12H2,1H3,(H,25,28)(H,21,24,27). The van der Waals surface area contributed by atoms with Crippen molar-refractivity contribution in [1.82, 2.24) is 25.0 Å². The van der Waals surface area contributed by atoms with Crippen LogP contribution in [0.2, 0.25) is 0 Å². The van der Waals surface area contributed by atoms with E-state index in [4.69, 9.17) is 12.2 Å². The molecular weight excluding hydrogens is 404 g/mol. The fourth-order valence-electron chi connectivity index (χ4n) is 2.81. The van der Waals surface area contributed by atoms with Crippen molar-refractivity contribution in [3.8, 4) is 22.0 Å². The Balaban J connectivity index is 1.42. The maximum Gasteiger partial charge on any atom is 0.227 e. The average Bonchev–Trinajstić information content (AvgIpc) is 3.34. The molecule has 0 aliphatic rings. The van der Waals surface area contributed by atoms with Gasteiger partial charge < -0.3 is 5.32 Å². The second kappa shape index (κ2) is 8.46. The van der Waals surface area contributed by atoms with Gasteiger partial charge in [0, 0.05) is 24.1 Å². The molecule has 2 aromatic heterocycles. The zero-order valence-corrected chi connectivity index (χ0v) is 17.3. The largest absolute Gasteiger partial charge is 0.300 e. The molecule has 4 rings (SSSR count). The molecule has 0 bridgehead atoms. The van der Waals surface area contributed by atoms with Crippen LogP contribution in [0.3, 0.4) is 0 Å². The smallest absolute Gasteiger partial charge is 0.227 e. The van der Waals surface area contributed by atoms with E-state index in [0.29, 0.717) is 22.3 Å². The number of hydrogen-bond donors (Lipinski definition) is 2. The first kappa shape index (κ1) is 19.2. The molecule has 0 aliphatic heterocycles. The topological polar surface area (TPSA) is 88.5 Å². The van der Waals surface area contributed by atoms with Crippen LogP contribution in [0.1, 0.15) is 12.0 Å². The van der Waals surface area contributed by atoms with Crippen LogP contribution in [0.5, 0.6) is 0 Å². The van der Waals surface area contributed by atoms with Crippen molar-refractivity contribution in [1.29, 1.82) is 0 Å². The number of aryl methyl sites for hydroxylation is 1. The second-order valence-electron chi connectivity index (χ2n) is 6.45. The Morgan fingerprint density at radius 3 is 2.62 bits per heavy atom. The molecule has 2 N–H and O–H groups in total. The summed E-state index contributed by atoms with van der Waals surface area (Å²) < 4.78 is 2.31. The van der Waals surface area contributed by atoms with Gasteiger partial charge in [0.2, 0.25) is 11.0 Å². The lowest BCUT2D eigenvalue weighted by Gasteiger charge is -2.07. The summed E-state index contributed by atoms with van der Waals surface area (Å²) in [6.45, 7) is 2.44. The summed E-state index contributed by atoms with van der Waals surface area (Å²) in [5, 5.41) is 19.4. The van der Waals surface area contributed by atoms with Gasteiger partial charge in [0.15, 0.2) is 10.6 Å². The van der Waals surface area contributed by atoms with E-state index in [0.717, 1.165) is 16.1 Å². The molecule has 0 spiro atoms. The molecule has 2 heterocycles. The molecule has 0 saturated carbocycles. The van der Waals surface area contributed by atoms with E-state index >= 15 is 0 Å². The molecule has 1 amide bonds. The second-order valence-corrected chi connectivity index (χ2v) is 7.81. The van der Waals surface area contributed by atoms with Crippen LogP contribution in [-0.2, 0) is 11.3 Å². The van der Waals surface area contributed by atoms with Gasteiger partial charge in [-0.25, -0.2) is 0 Å². The van der Waals surface area contributed by atoms with Crippen molar-refractivity contribution in [2.24, 2.45) is 0 Å². The number of nitrogens with one attached hydrogen (secondary N) is 2. The lowest BCUT2D eigenvalue weighted by atomic mass is 10.1. The van der Waals surface area contributed by atoms with Crippen LogP contribution < -0.4 is 5.32 Å². The first-order valence-electron chi connectivity index (χ1n) is 9.01. The quantitative estimate of drug-likeness (QED) is 0.448. The number of carbonyl (C=O) groups is 1. The summed E-state index contributed by atoms with van der Waals surface area (Å²) in [6.07, 6.45) is 0.243. The fraction of sp³-hybridized carbons (Fsp3) is 0.150. The fourth-order valence-corrected chi connectivity index (χ4v) is 3.80. The van der Waals surface area contributed by atoms with E-state index in [9.17, 15) is 4.79 Å². The molecule has 2 aromatic carbocycles. The molecule has 4 aromatic rings. The SMILES string of the molecule is Cc1ccc(-c2n[nH]c(=S)n2CCC(=O)Nc2nnc(-c3ccccc3)s2)cc1. The van der Waals surface area contributed by atoms with Crippen LogP contribution in [0.25, 0.3) is 22.0 Å². The summed E-state index contributed by atoms with van der Waals surface area (Å²) in [7, 11) is 0. The zero-order valence-electron chi connectivity index (χ0n) is 15.6. The molecule has 0 fully saturated rings. The van der Waals surface area contributed by atoms with Crippen molar-refractivity contribution in [3.05, 3.63) is 64.9 Å². The monoisotopic (exact) mass is 422 g/mol. The van der Waals surface area contributed by atoms with Crippen molar-refractivity contribution >= 4 is 34.6 Å². The minimum Gasteiger partial charge on any atom is -0.300 e. The Kier molecular flexibility index (Phi) is 5.59. The Morgan fingerprint density at radius 2 is 1.86 bits per heavy atom. The van der Waals surface area contributed by atoms with Crippen LogP contribution in [0, 0.1) is 11.7 Å². The van der Waals surface area contributed by atoms with Crippen molar-refractivity contribution < 1.29 is 4.79 Å². The molecule has 9 heteroatoms. The normalized spacial score (nSPS) is 10.8. The number of amides is 1. The van der Waals surface area contributed by atoms with Gasteiger partial charge in [-0.3, -0.25) is 14.5 Å². The third-order valence-corrected chi connectivity index (χ3v) is 5.52. The summed E-state index contributed by atoms with van der Waals surface area (Å²) in [6, 6.07) is 17.8. The molecule has 0 radical (unpaired) electrons. The minimum absolute atomic E-state index is 0.154. The molecule has 0 aliphatic carbocycles. The molecule has 0 saturated heterocycles. The highest BCUT2D eigenvalue weighted by molar-refractivity contribution is 7.71. The van der Waals surface area contributed by atoms with Gasteiger partial charge in [-0.1, -0.05) is 71.5 Å². The van der Waals surface area contributed by atoms with Gasteiger partial charge >= 0.3 is 0 Å². The van der Waals surface area contributed by atoms with Gasteiger partial charge in [-0.2, -0.15) is 5.10 Å². The van der Waals surface area contributed by atoms with Gasteiger partial charge in [0.1, 0.15) is 5.01 Å². The van der Waals surface area contributed by atoms with E-state index in [1.807, 2.05) is 66.1 Å². The molecule has 7 nitrogen and oxygen atoms in total. The van der Waals surface area contributed by atoms with Crippen LogP contribution in [0.15, 0.2) is 54.6 Å². The number of rotatable bonds is 6. The summed E-state index contributed by atoms with van der Waals surface area (Å²) in [5.74, 6) is 0.559. The maximum absolute atomic E-state index is 12.4. The Labute approximate surface area is 176 Å². The Hall–Kier alpha value is -3.17. The first-order valence-corrected chi connectivity index (χ1v) is 10.2. The highest BCUT2D eigenvalue weighted by Crippen LogP contribution is 2.26. The van der Waals surface area contributed by atoms with E-state index < -0.39 is 0 Å². The van der Waals surface area contributed by atoms with Gasteiger partial charge in [-0.05, 0) is 19.1 Å². The summed E-state index contributed by atoms with van der Waals surface area (Å²) >= 11 is 6.67. The van der Waals surface area contributed by atoms with E-state index in [1.165, 1.54) is 16.9 Å². The Bertz CT molecular complexity index is 1180. The first-order chi connectivity index (χ1) is 14.1. The molecule has 0 atom stereocenters. The van der Waals surface area contributed by atoms with Crippen LogP contribution >= 0.6 is 23.6 Å². The maximum atomic E-state index is 12.4. The number of benzene rings is 2.